The molecular formula is C23H27N5O4. The van der Waals surface area contributed by atoms with Crippen LogP contribution in [0.1, 0.15) is 59.7 Å². The maximum Gasteiger partial charge on any atom is 0.292 e. The summed E-state index contributed by atoms with van der Waals surface area (Å²) >= 11 is 0. The molecule has 1 aromatic carbocycles. The van der Waals surface area contributed by atoms with E-state index in [-0.39, 0.29) is 18.0 Å². The molecule has 0 unspecified atom stereocenters. The zero-order valence-corrected chi connectivity index (χ0v) is 18.8. The van der Waals surface area contributed by atoms with Gasteiger partial charge in [-0.2, -0.15) is 0 Å². The molecule has 0 saturated heterocycles. The normalized spacial score (nSPS) is 19.9. The summed E-state index contributed by atoms with van der Waals surface area (Å²) in [5.74, 6) is 3.58. The van der Waals surface area contributed by atoms with E-state index in [0.29, 0.717) is 35.4 Å². The van der Waals surface area contributed by atoms with Gasteiger partial charge in [-0.3, -0.25) is 4.79 Å². The average Bonchev–Trinajstić information content (AvgIpc) is 3.40. The van der Waals surface area contributed by atoms with Gasteiger partial charge in [-0.05, 0) is 38.0 Å². The number of methoxy groups -OCH3 is 2. The number of fused-ring (bicyclic) bond motifs is 3. The van der Waals surface area contributed by atoms with Gasteiger partial charge in [0.15, 0.2) is 29.0 Å². The zero-order valence-electron chi connectivity index (χ0n) is 18.8. The van der Waals surface area contributed by atoms with Crippen LogP contribution in [0.2, 0.25) is 0 Å². The summed E-state index contributed by atoms with van der Waals surface area (Å²) in [4.78, 5) is 19.6. The van der Waals surface area contributed by atoms with Gasteiger partial charge in [0.05, 0.1) is 38.5 Å². The number of aryl methyl sites for hydroxylation is 2. The van der Waals surface area contributed by atoms with Gasteiger partial charge >= 0.3 is 0 Å². The Bertz CT molecular complexity index is 1170. The maximum absolute atomic E-state index is 13.4. The first-order valence-electron chi connectivity index (χ1n) is 10.9. The lowest BCUT2D eigenvalue weighted by Crippen LogP contribution is -2.50. The van der Waals surface area contributed by atoms with Gasteiger partial charge in [0.1, 0.15) is 0 Å². The number of hydrogen-bond donors (Lipinski definition) is 0. The highest BCUT2D eigenvalue weighted by atomic mass is 16.5. The molecule has 9 heteroatoms. The molecular weight excluding hydrogens is 410 g/mol. The van der Waals surface area contributed by atoms with Crippen LogP contribution in [-0.4, -0.2) is 50.8 Å². The molecule has 9 nitrogen and oxygen atoms in total. The summed E-state index contributed by atoms with van der Waals surface area (Å²) in [6.45, 7) is 3.96. The van der Waals surface area contributed by atoms with Crippen LogP contribution in [0.25, 0.3) is 11.4 Å². The molecule has 0 bridgehead atoms. The lowest BCUT2D eigenvalue weighted by Gasteiger charge is -2.44. The molecule has 1 saturated carbocycles. The van der Waals surface area contributed by atoms with E-state index in [4.69, 9.17) is 13.9 Å². The first-order chi connectivity index (χ1) is 15.5. The van der Waals surface area contributed by atoms with Crippen LogP contribution in [0.3, 0.4) is 0 Å². The van der Waals surface area contributed by atoms with Crippen molar-refractivity contribution in [3.05, 3.63) is 41.4 Å². The van der Waals surface area contributed by atoms with Crippen LogP contribution in [-0.2, 0) is 6.54 Å². The Morgan fingerprint density at radius 1 is 1.06 bits per heavy atom. The molecule has 1 aliphatic carbocycles. The smallest absolute Gasteiger partial charge is 0.292 e. The van der Waals surface area contributed by atoms with Crippen molar-refractivity contribution in [1.82, 2.24) is 24.6 Å². The minimum absolute atomic E-state index is 0.0588. The van der Waals surface area contributed by atoms with Gasteiger partial charge in [-0.1, -0.05) is 12.8 Å². The van der Waals surface area contributed by atoms with E-state index in [9.17, 15) is 4.79 Å². The van der Waals surface area contributed by atoms with Gasteiger partial charge < -0.3 is 23.4 Å². The van der Waals surface area contributed by atoms with Crippen LogP contribution in [0.4, 0.5) is 0 Å². The lowest BCUT2D eigenvalue weighted by atomic mass is 9.87. The fourth-order valence-electron chi connectivity index (χ4n) is 5.06. The summed E-state index contributed by atoms with van der Waals surface area (Å²) in [5, 5.41) is 9.00. The second-order valence-electron chi connectivity index (χ2n) is 8.38. The van der Waals surface area contributed by atoms with E-state index < -0.39 is 0 Å². The molecule has 3 aromatic rings. The Morgan fingerprint density at radius 3 is 2.50 bits per heavy atom. The third kappa shape index (κ3) is 3.23. The van der Waals surface area contributed by atoms with Crippen LogP contribution in [0.5, 0.6) is 11.5 Å². The van der Waals surface area contributed by atoms with Crippen molar-refractivity contribution < 1.29 is 18.7 Å². The molecule has 1 amide bonds. The van der Waals surface area contributed by atoms with Crippen molar-refractivity contribution in [2.24, 2.45) is 0 Å². The number of benzene rings is 1. The van der Waals surface area contributed by atoms with Gasteiger partial charge in [0, 0.05) is 12.5 Å². The van der Waals surface area contributed by atoms with Crippen molar-refractivity contribution in [1.29, 1.82) is 0 Å². The monoisotopic (exact) mass is 437 g/mol. The van der Waals surface area contributed by atoms with Crippen LogP contribution < -0.4 is 9.47 Å². The summed E-state index contributed by atoms with van der Waals surface area (Å²) in [7, 11) is 3.24. The molecule has 168 valence electrons. The van der Waals surface area contributed by atoms with Gasteiger partial charge in [0.2, 0.25) is 5.76 Å². The largest absolute Gasteiger partial charge is 0.493 e. The summed E-state index contributed by atoms with van der Waals surface area (Å²) < 4.78 is 18.7. The number of carbonyl (C=O) groups is 1. The fraction of sp³-hybridized carbons (Fsp3) is 0.478. The minimum Gasteiger partial charge on any atom is -0.493 e. The topological polar surface area (TPSA) is 95.5 Å². The van der Waals surface area contributed by atoms with E-state index in [1.54, 1.807) is 21.1 Å². The molecule has 2 atom stereocenters. The molecule has 1 aliphatic heterocycles. The quantitative estimate of drug-likeness (QED) is 0.614. The summed E-state index contributed by atoms with van der Waals surface area (Å²) in [6, 6.07) is 5.94. The Hall–Kier alpha value is -3.36. The number of hydrogen-bond acceptors (Lipinski definition) is 7. The van der Waals surface area contributed by atoms with E-state index in [2.05, 4.69) is 19.7 Å². The average molecular weight is 438 g/mol. The van der Waals surface area contributed by atoms with E-state index in [1.165, 1.54) is 0 Å². The molecule has 0 spiro atoms. The van der Waals surface area contributed by atoms with Gasteiger partial charge in [-0.15, -0.1) is 10.2 Å². The SMILES string of the molecule is COc1ccc(-c2nnc3n2[C@@H]2CCCC[C@H]2N(C(=O)c2oc(C)nc2C)C3)cc1OC. The number of amides is 1. The van der Waals surface area contributed by atoms with Crippen molar-refractivity contribution in [2.45, 2.75) is 58.2 Å². The summed E-state index contributed by atoms with van der Waals surface area (Å²) in [5.41, 5.74) is 1.53. The molecule has 0 radical (unpaired) electrons. The van der Waals surface area contributed by atoms with Crippen LogP contribution in [0, 0.1) is 13.8 Å². The first-order valence-corrected chi connectivity index (χ1v) is 10.9. The zero-order chi connectivity index (χ0) is 22.4. The summed E-state index contributed by atoms with van der Waals surface area (Å²) in [6.07, 6.45) is 4.09. The Labute approximate surface area is 186 Å². The highest BCUT2D eigenvalue weighted by Gasteiger charge is 2.42. The third-order valence-corrected chi connectivity index (χ3v) is 6.50. The van der Waals surface area contributed by atoms with E-state index in [1.807, 2.05) is 30.0 Å². The van der Waals surface area contributed by atoms with Crippen molar-refractivity contribution in [3.63, 3.8) is 0 Å². The van der Waals surface area contributed by atoms with Crippen molar-refractivity contribution in [2.75, 3.05) is 14.2 Å². The Kier molecular flexibility index (Phi) is 5.11. The molecule has 2 aromatic heterocycles. The minimum atomic E-state index is -0.123. The highest BCUT2D eigenvalue weighted by molar-refractivity contribution is 5.92. The van der Waals surface area contributed by atoms with E-state index in [0.717, 1.165) is 42.9 Å². The first kappa shape index (κ1) is 20.5. The lowest BCUT2D eigenvalue weighted by molar-refractivity contribution is 0.0389. The second kappa shape index (κ2) is 7.96. The van der Waals surface area contributed by atoms with Crippen LogP contribution >= 0.6 is 0 Å². The van der Waals surface area contributed by atoms with Crippen LogP contribution in [0.15, 0.2) is 22.6 Å². The Balaban J connectivity index is 1.55. The van der Waals surface area contributed by atoms with Gasteiger partial charge in [-0.25, -0.2) is 4.98 Å². The number of nitrogens with zero attached hydrogens (tertiary/aromatic N) is 5. The number of ether oxygens (including phenoxy) is 2. The number of rotatable bonds is 4. The predicted octanol–water partition coefficient (Wildman–Crippen LogP) is 3.71. The molecule has 0 N–H and O–H groups in total. The predicted molar refractivity (Wildman–Crippen MR) is 116 cm³/mol. The molecule has 1 fully saturated rings. The number of aromatic nitrogens is 4. The standard InChI is InChI=1S/C23H27N5O4/c1-13-21(32-14(2)24-13)23(29)27-12-20-25-26-22(28(20)17-8-6-5-7-16(17)27)15-9-10-18(30-3)19(11-15)31-4/h9-11,16-17H,5-8,12H2,1-4H3/t16-,17-/m1/s1. The molecule has 5 rings (SSSR count). The van der Waals surface area contributed by atoms with Crippen molar-refractivity contribution in [3.8, 4) is 22.9 Å². The molecule has 32 heavy (non-hydrogen) atoms. The third-order valence-electron chi connectivity index (χ3n) is 6.50. The second-order valence-corrected chi connectivity index (χ2v) is 8.38. The van der Waals surface area contributed by atoms with E-state index >= 15 is 0 Å². The molecule has 2 aliphatic rings. The Morgan fingerprint density at radius 2 is 1.81 bits per heavy atom. The van der Waals surface area contributed by atoms with Crippen molar-refractivity contribution >= 4 is 5.91 Å². The maximum atomic E-state index is 13.4. The molecule has 3 heterocycles. The fourth-order valence-corrected chi connectivity index (χ4v) is 5.06. The highest BCUT2D eigenvalue weighted by Crippen LogP contribution is 2.41. The number of oxazole rings is 1. The number of carbonyl (C=O) groups excluding carboxylic acids is 1. The van der Waals surface area contributed by atoms with Gasteiger partial charge in [0.25, 0.3) is 5.91 Å².